The van der Waals surface area contributed by atoms with E-state index in [0.29, 0.717) is 12.2 Å². The lowest BCUT2D eigenvalue weighted by Gasteiger charge is -2.05. The minimum atomic E-state index is -3.13. The fraction of sp³-hybridized carbons (Fsp3) is 0.556. The Bertz CT molecular complexity index is 389. The van der Waals surface area contributed by atoms with Crippen LogP contribution in [0.1, 0.15) is 19.2 Å². The summed E-state index contributed by atoms with van der Waals surface area (Å²) in [6.45, 7) is 1.79. The molecule has 0 aliphatic carbocycles. The molecule has 1 aromatic rings. The van der Waals surface area contributed by atoms with Crippen molar-refractivity contribution in [3.63, 3.8) is 0 Å². The molecular formula is C9H15N3O2S. The molecule has 1 atom stereocenters. The van der Waals surface area contributed by atoms with E-state index < -0.39 is 9.84 Å². The molecule has 0 fully saturated rings. The first kappa shape index (κ1) is 12.1. The van der Waals surface area contributed by atoms with Crippen LogP contribution in [0.15, 0.2) is 18.5 Å². The van der Waals surface area contributed by atoms with E-state index in [9.17, 15) is 8.42 Å². The normalized spacial score (nSPS) is 13.7. The Balaban J connectivity index is 2.57. The van der Waals surface area contributed by atoms with Crippen LogP contribution in [0.3, 0.4) is 0 Å². The Morgan fingerprint density at radius 3 is 2.53 bits per heavy atom. The van der Waals surface area contributed by atoms with Crippen LogP contribution in [0.2, 0.25) is 0 Å². The number of aromatic nitrogens is 2. The van der Waals surface area contributed by atoms with Crippen LogP contribution in [0.25, 0.3) is 0 Å². The van der Waals surface area contributed by atoms with E-state index in [2.05, 4.69) is 9.97 Å². The number of nitrogens with two attached hydrogens (primary N) is 1. The summed E-state index contributed by atoms with van der Waals surface area (Å²) in [4.78, 5) is 7.74. The third kappa shape index (κ3) is 4.85. The zero-order valence-electron chi connectivity index (χ0n) is 8.63. The van der Waals surface area contributed by atoms with E-state index in [0.717, 1.165) is 0 Å². The lowest BCUT2D eigenvalue weighted by atomic mass is 10.3. The van der Waals surface area contributed by atoms with Crippen LogP contribution in [-0.4, -0.2) is 30.2 Å². The lowest BCUT2D eigenvalue weighted by molar-refractivity contribution is 0.585. The van der Waals surface area contributed by atoms with Crippen molar-refractivity contribution in [3.8, 4) is 0 Å². The van der Waals surface area contributed by atoms with Crippen molar-refractivity contribution >= 4 is 9.84 Å². The topological polar surface area (TPSA) is 85.9 Å². The molecule has 2 N–H and O–H groups in total. The Hall–Kier alpha value is -1.01. The van der Waals surface area contributed by atoms with Crippen LogP contribution < -0.4 is 5.73 Å². The Labute approximate surface area is 89.7 Å². The maximum atomic E-state index is 11.6. The van der Waals surface area contributed by atoms with Crippen LogP contribution in [0.4, 0.5) is 0 Å². The summed E-state index contributed by atoms with van der Waals surface area (Å²) in [6, 6.07) is 1.55. The second-order valence-electron chi connectivity index (χ2n) is 3.52. The molecule has 1 rings (SSSR count). The van der Waals surface area contributed by atoms with E-state index in [-0.39, 0.29) is 17.5 Å². The standard InChI is InChI=1S/C9H15N3O2S/c1-8(10)3-6-15(13,14)7-9-11-4-2-5-12-9/h2,4-5,8H,3,6-7,10H2,1H3. The molecule has 0 aliphatic rings. The van der Waals surface area contributed by atoms with Crippen molar-refractivity contribution in [1.29, 1.82) is 0 Å². The number of hydrogen-bond donors (Lipinski definition) is 1. The largest absolute Gasteiger partial charge is 0.328 e. The molecule has 0 aliphatic heterocycles. The van der Waals surface area contributed by atoms with Crippen molar-refractivity contribution in [2.45, 2.75) is 25.1 Å². The molecule has 1 unspecified atom stereocenters. The highest BCUT2D eigenvalue weighted by molar-refractivity contribution is 7.90. The van der Waals surface area contributed by atoms with Gasteiger partial charge in [-0.25, -0.2) is 18.4 Å². The average Bonchev–Trinajstić information content (AvgIpc) is 2.16. The van der Waals surface area contributed by atoms with E-state index in [4.69, 9.17) is 5.73 Å². The highest BCUT2D eigenvalue weighted by atomic mass is 32.2. The van der Waals surface area contributed by atoms with Crippen molar-refractivity contribution in [3.05, 3.63) is 24.3 Å². The van der Waals surface area contributed by atoms with E-state index in [1.807, 2.05) is 0 Å². The van der Waals surface area contributed by atoms with Gasteiger partial charge in [-0.15, -0.1) is 0 Å². The maximum absolute atomic E-state index is 11.6. The molecule has 0 amide bonds. The Morgan fingerprint density at radius 2 is 2.00 bits per heavy atom. The first-order chi connectivity index (χ1) is 6.99. The minimum Gasteiger partial charge on any atom is -0.328 e. The fourth-order valence-corrected chi connectivity index (χ4v) is 2.46. The predicted molar refractivity (Wildman–Crippen MR) is 57.8 cm³/mol. The fourth-order valence-electron chi connectivity index (χ4n) is 1.04. The SMILES string of the molecule is CC(N)CCS(=O)(=O)Cc1ncccn1. The van der Waals surface area contributed by atoms with Crippen molar-refractivity contribution < 1.29 is 8.42 Å². The smallest absolute Gasteiger partial charge is 0.157 e. The number of hydrogen-bond acceptors (Lipinski definition) is 5. The van der Waals surface area contributed by atoms with Crippen LogP contribution >= 0.6 is 0 Å². The first-order valence-electron chi connectivity index (χ1n) is 4.71. The van der Waals surface area contributed by atoms with Gasteiger partial charge in [0.2, 0.25) is 0 Å². The van der Waals surface area contributed by atoms with Crippen LogP contribution in [0, 0.1) is 0 Å². The predicted octanol–water partition coefficient (Wildman–Crippen LogP) is 0.129. The second-order valence-corrected chi connectivity index (χ2v) is 5.71. The number of sulfone groups is 1. The molecule has 0 saturated carbocycles. The monoisotopic (exact) mass is 229 g/mol. The highest BCUT2D eigenvalue weighted by Gasteiger charge is 2.14. The summed E-state index contributed by atoms with van der Waals surface area (Å²) >= 11 is 0. The Morgan fingerprint density at radius 1 is 1.40 bits per heavy atom. The molecule has 6 heteroatoms. The van der Waals surface area contributed by atoms with Gasteiger partial charge in [0.05, 0.1) is 5.75 Å². The highest BCUT2D eigenvalue weighted by Crippen LogP contribution is 2.03. The molecule has 1 heterocycles. The first-order valence-corrected chi connectivity index (χ1v) is 6.53. The number of nitrogens with zero attached hydrogens (tertiary/aromatic N) is 2. The Kier molecular flexibility index (Phi) is 4.16. The molecule has 1 aromatic heterocycles. The van der Waals surface area contributed by atoms with Gasteiger partial charge in [0.15, 0.2) is 9.84 Å². The summed E-state index contributed by atoms with van der Waals surface area (Å²) < 4.78 is 23.1. The molecule has 0 saturated heterocycles. The van der Waals surface area contributed by atoms with E-state index in [1.165, 1.54) is 12.4 Å². The average molecular weight is 229 g/mol. The molecule has 0 radical (unpaired) electrons. The molecule has 15 heavy (non-hydrogen) atoms. The second kappa shape index (κ2) is 5.18. The van der Waals surface area contributed by atoms with E-state index in [1.54, 1.807) is 13.0 Å². The summed E-state index contributed by atoms with van der Waals surface area (Å²) in [7, 11) is -3.13. The third-order valence-electron chi connectivity index (χ3n) is 1.85. The quantitative estimate of drug-likeness (QED) is 0.775. The van der Waals surface area contributed by atoms with Crippen LogP contribution in [-0.2, 0) is 15.6 Å². The minimum absolute atomic E-state index is 0.0862. The van der Waals surface area contributed by atoms with Gasteiger partial charge < -0.3 is 5.73 Å². The summed E-state index contributed by atoms with van der Waals surface area (Å²) in [6.07, 6.45) is 3.53. The molecular weight excluding hydrogens is 214 g/mol. The lowest BCUT2D eigenvalue weighted by Crippen LogP contribution is -2.21. The van der Waals surface area contributed by atoms with Gasteiger partial charge in [0, 0.05) is 18.4 Å². The van der Waals surface area contributed by atoms with Gasteiger partial charge in [-0.1, -0.05) is 0 Å². The molecule has 84 valence electrons. The van der Waals surface area contributed by atoms with Crippen LogP contribution in [0.5, 0.6) is 0 Å². The van der Waals surface area contributed by atoms with Gasteiger partial charge in [-0.3, -0.25) is 0 Å². The maximum Gasteiger partial charge on any atom is 0.157 e. The van der Waals surface area contributed by atoms with Gasteiger partial charge in [0.25, 0.3) is 0 Å². The van der Waals surface area contributed by atoms with Crippen molar-refractivity contribution in [1.82, 2.24) is 9.97 Å². The van der Waals surface area contributed by atoms with Gasteiger partial charge in [-0.05, 0) is 19.4 Å². The van der Waals surface area contributed by atoms with Crippen molar-refractivity contribution in [2.24, 2.45) is 5.73 Å². The molecule has 0 bridgehead atoms. The third-order valence-corrected chi connectivity index (χ3v) is 3.41. The summed E-state index contributed by atoms with van der Waals surface area (Å²) in [5.74, 6) is 0.311. The van der Waals surface area contributed by atoms with Crippen molar-refractivity contribution in [2.75, 3.05) is 5.75 Å². The molecule has 5 nitrogen and oxygen atoms in total. The molecule has 0 spiro atoms. The summed E-state index contributed by atoms with van der Waals surface area (Å²) in [5, 5.41) is 0. The van der Waals surface area contributed by atoms with Gasteiger partial charge in [0.1, 0.15) is 11.6 Å². The van der Waals surface area contributed by atoms with Gasteiger partial charge in [-0.2, -0.15) is 0 Å². The van der Waals surface area contributed by atoms with E-state index >= 15 is 0 Å². The number of rotatable bonds is 5. The zero-order chi connectivity index (χ0) is 11.3. The summed E-state index contributed by atoms with van der Waals surface area (Å²) in [5.41, 5.74) is 5.50. The molecule has 0 aromatic carbocycles. The van der Waals surface area contributed by atoms with Gasteiger partial charge >= 0.3 is 0 Å². The zero-order valence-corrected chi connectivity index (χ0v) is 9.44.